The van der Waals surface area contributed by atoms with E-state index in [-0.39, 0.29) is 17.4 Å². The van der Waals surface area contributed by atoms with Gasteiger partial charge >= 0.3 is 0 Å². The predicted octanol–water partition coefficient (Wildman–Crippen LogP) is 1.18. The Hall–Kier alpha value is -2.54. The van der Waals surface area contributed by atoms with Crippen molar-refractivity contribution in [1.29, 1.82) is 0 Å². The van der Waals surface area contributed by atoms with Crippen molar-refractivity contribution in [3.05, 3.63) is 53.0 Å². The van der Waals surface area contributed by atoms with E-state index >= 15 is 0 Å². The number of aromatic nitrogens is 2. The molecule has 0 saturated carbocycles. The van der Waals surface area contributed by atoms with E-state index in [2.05, 4.69) is 20.9 Å². The first-order chi connectivity index (χ1) is 10.1. The first-order valence-electron chi connectivity index (χ1n) is 6.43. The van der Waals surface area contributed by atoms with Crippen LogP contribution in [0.4, 0.5) is 10.2 Å². The van der Waals surface area contributed by atoms with E-state index in [9.17, 15) is 9.18 Å². The second-order valence-electron chi connectivity index (χ2n) is 4.52. The van der Waals surface area contributed by atoms with Gasteiger partial charge in [0.2, 0.25) is 0 Å². The number of amides is 1. The molecular formula is C14H16FN5O. The van der Waals surface area contributed by atoms with Gasteiger partial charge in [0, 0.05) is 6.54 Å². The molecule has 4 N–H and O–H groups in total. The Morgan fingerprint density at radius 2 is 2.10 bits per heavy atom. The maximum absolute atomic E-state index is 13.0. The van der Waals surface area contributed by atoms with Gasteiger partial charge in [0.15, 0.2) is 11.5 Å². The molecular weight excluding hydrogens is 273 g/mol. The molecule has 0 radical (unpaired) electrons. The number of hydrogen-bond donors (Lipinski definition) is 3. The lowest BCUT2D eigenvalue weighted by molar-refractivity contribution is 0.0948. The van der Waals surface area contributed by atoms with Crippen LogP contribution >= 0.6 is 0 Å². The number of rotatable bonds is 5. The van der Waals surface area contributed by atoms with Crippen LogP contribution in [-0.2, 0) is 6.42 Å². The van der Waals surface area contributed by atoms with Crippen LogP contribution in [0.2, 0.25) is 0 Å². The van der Waals surface area contributed by atoms with Gasteiger partial charge in [0.05, 0.1) is 0 Å². The molecule has 0 fully saturated rings. The lowest BCUT2D eigenvalue weighted by Crippen LogP contribution is -2.27. The van der Waals surface area contributed by atoms with Crippen molar-refractivity contribution < 1.29 is 9.18 Å². The number of hydrazine groups is 1. The molecule has 21 heavy (non-hydrogen) atoms. The second-order valence-corrected chi connectivity index (χ2v) is 4.52. The zero-order valence-corrected chi connectivity index (χ0v) is 11.6. The summed E-state index contributed by atoms with van der Waals surface area (Å²) in [6.07, 6.45) is 0.619. The summed E-state index contributed by atoms with van der Waals surface area (Å²) >= 11 is 0. The van der Waals surface area contributed by atoms with Crippen molar-refractivity contribution >= 4 is 11.7 Å². The largest absolute Gasteiger partial charge is 0.350 e. The zero-order valence-electron chi connectivity index (χ0n) is 11.6. The van der Waals surface area contributed by atoms with E-state index in [1.54, 1.807) is 12.1 Å². The van der Waals surface area contributed by atoms with Crippen LogP contribution in [0.3, 0.4) is 0 Å². The van der Waals surface area contributed by atoms with Crippen LogP contribution in [0.15, 0.2) is 30.3 Å². The molecule has 7 heteroatoms. The zero-order chi connectivity index (χ0) is 15.2. The van der Waals surface area contributed by atoms with Crippen LogP contribution < -0.4 is 16.6 Å². The lowest BCUT2D eigenvalue weighted by Gasteiger charge is -2.07. The minimum Gasteiger partial charge on any atom is -0.350 e. The highest BCUT2D eigenvalue weighted by Crippen LogP contribution is 2.10. The van der Waals surface area contributed by atoms with Gasteiger partial charge < -0.3 is 10.7 Å². The number of anilines is 1. The Morgan fingerprint density at radius 3 is 2.71 bits per heavy atom. The van der Waals surface area contributed by atoms with Crippen molar-refractivity contribution in [2.24, 2.45) is 5.84 Å². The van der Waals surface area contributed by atoms with E-state index in [0.717, 1.165) is 11.1 Å². The minimum atomic E-state index is -0.314. The van der Waals surface area contributed by atoms with Gasteiger partial charge in [-0.1, -0.05) is 6.07 Å². The number of carbonyl (C=O) groups excluding carboxylic acids is 1. The SMILES string of the molecule is Cc1cc(F)ccc1CCNC(=O)c1ccc(NN)nn1. The molecule has 0 atom stereocenters. The summed E-state index contributed by atoms with van der Waals surface area (Å²) in [4.78, 5) is 11.8. The Balaban J connectivity index is 1.88. The molecule has 2 rings (SSSR count). The van der Waals surface area contributed by atoms with Crippen molar-refractivity contribution in [1.82, 2.24) is 15.5 Å². The van der Waals surface area contributed by atoms with Crippen LogP contribution in [0.5, 0.6) is 0 Å². The molecule has 0 aliphatic heterocycles. The Bertz CT molecular complexity index is 630. The number of nitrogens with two attached hydrogens (primary N) is 1. The first-order valence-corrected chi connectivity index (χ1v) is 6.43. The van der Waals surface area contributed by atoms with Crippen molar-refractivity contribution in [2.75, 3.05) is 12.0 Å². The third-order valence-electron chi connectivity index (χ3n) is 3.03. The number of benzene rings is 1. The maximum Gasteiger partial charge on any atom is 0.271 e. The van der Waals surface area contributed by atoms with Crippen LogP contribution in [0, 0.1) is 12.7 Å². The normalized spacial score (nSPS) is 10.2. The molecule has 6 nitrogen and oxygen atoms in total. The van der Waals surface area contributed by atoms with E-state index in [4.69, 9.17) is 5.84 Å². The Kier molecular flexibility index (Phi) is 4.78. The standard InChI is InChI=1S/C14H16FN5O/c1-9-8-11(15)3-2-10(9)6-7-17-14(21)12-4-5-13(18-16)20-19-12/h2-5,8H,6-7,16H2,1H3,(H,17,21)(H,18,20). The number of aryl methyl sites for hydroxylation is 1. The summed E-state index contributed by atoms with van der Waals surface area (Å²) in [5.74, 6) is 4.97. The van der Waals surface area contributed by atoms with E-state index in [0.29, 0.717) is 18.8 Å². The summed E-state index contributed by atoms with van der Waals surface area (Å²) in [6, 6.07) is 7.69. The first kappa shape index (κ1) is 14.9. The molecule has 1 amide bonds. The average molecular weight is 289 g/mol. The summed E-state index contributed by atoms with van der Waals surface area (Å²) in [6.45, 7) is 2.27. The summed E-state index contributed by atoms with van der Waals surface area (Å²) in [7, 11) is 0. The Labute approximate surface area is 121 Å². The molecule has 0 bridgehead atoms. The summed E-state index contributed by atoms with van der Waals surface area (Å²) in [5, 5.41) is 10.2. The number of carbonyl (C=O) groups is 1. The molecule has 0 aliphatic carbocycles. The van der Waals surface area contributed by atoms with Gasteiger partial charge in [-0.05, 0) is 48.7 Å². The fourth-order valence-electron chi connectivity index (χ4n) is 1.87. The smallest absolute Gasteiger partial charge is 0.271 e. The molecule has 110 valence electrons. The molecule has 1 aromatic carbocycles. The molecule has 0 spiro atoms. The number of halogens is 1. The number of hydrogen-bond acceptors (Lipinski definition) is 5. The van der Waals surface area contributed by atoms with Crippen LogP contribution in [0.1, 0.15) is 21.6 Å². The second kappa shape index (κ2) is 6.76. The molecule has 1 heterocycles. The van der Waals surface area contributed by atoms with Gasteiger partial charge in [-0.25, -0.2) is 10.2 Å². The van der Waals surface area contributed by atoms with E-state index in [1.165, 1.54) is 18.2 Å². The third-order valence-corrected chi connectivity index (χ3v) is 3.03. The highest BCUT2D eigenvalue weighted by molar-refractivity contribution is 5.92. The highest BCUT2D eigenvalue weighted by Gasteiger charge is 2.08. The molecule has 0 unspecified atom stereocenters. The number of nitrogens with one attached hydrogen (secondary N) is 2. The molecule has 2 aromatic rings. The Morgan fingerprint density at radius 1 is 1.29 bits per heavy atom. The monoisotopic (exact) mass is 289 g/mol. The van der Waals surface area contributed by atoms with Crippen LogP contribution in [0.25, 0.3) is 0 Å². The van der Waals surface area contributed by atoms with Gasteiger partial charge in [0.1, 0.15) is 5.82 Å². The lowest BCUT2D eigenvalue weighted by atomic mass is 10.1. The van der Waals surface area contributed by atoms with Crippen molar-refractivity contribution in [3.8, 4) is 0 Å². The van der Waals surface area contributed by atoms with E-state index in [1.807, 2.05) is 6.92 Å². The quantitative estimate of drug-likeness (QED) is 0.568. The topological polar surface area (TPSA) is 92.9 Å². The van der Waals surface area contributed by atoms with Gasteiger partial charge in [-0.15, -0.1) is 10.2 Å². The fraction of sp³-hybridized carbons (Fsp3) is 0.214. The molecule has 0 saturated heterocycles. The van der Waals surface area contributed by atoms with Crippen molar-refractivity contribution in [2.45, 2.75) is 13.3 Å². The maximum atomic E-state index is 13.0. The highest BCUT2D eigenvalue weighted by atomic mass is 19.1. The fourth-order valence-corrected chi connectivity index (χ4v) is 1.87. The van der Waals surface area contributed by atoms with Crippen molar-refractivity contribution in [3.63, 3.8) is 0 Å². The predicted molar refractivity (Wildman–Crippen MR) is 77.0 cm³/mol. The molecule has 0 aliphatic rings. The van der Waals surface area contributed by atoms with Crippen LogP contribution in [-0.4, -0.2) is 22.6 Å². The summed E-state index contributed by atoms with van der Waals surface area (Å²) < 4.78 is 13.0. The summed E-state index contributed by atoms with van der Waals surface area (Å²) in [5.41, 5.74) is 4.40. The third kappa shape index (κ3) is 3.96. The number of nitrogen functional groups attached to an aromatic ring is 1. The van der Waals surface area contributed by atoms with Gasteiger partial charge in [-0.2, -0.15) is 0 Å². The van der Waals surface area contributed by atoms with Gasteiger partial charge in [0.25, 0.3) is 5.91 Å². The average Bonchev–Trinajstić information content (AvgIpc) is 2.49. The van der Waals surface area contributed by atoms with E-state index < -0.39 is 0 Å². The molecule has 1 aromatic heterocycles. The number of nitrogens with zero attached hydrogens (tertiary/aromatic N) is 2. The minimum absolute atomic E-state index is 0.213. The van der Waals surface area contributed by atoms with Gasteiger partial charge in [-0.3, -0.25) is 4.79 Å².